The normalized spacial score (nSPS) is 12.0. The van der Waals surface area contributed by atoms with Crippen LogP contribution in [0.2, 0.25) is 0 Å². The second-order valence-corrected chi connectivity index (χ2v) is 8.69. The summed E-state index contributed by atoms with van der Waals surface area (Å²) in [5, 5.41) is 11.5. The lowest BCUT2D eigenvalue weighted by atomic mass is 10.2. The molecule has 0 fully saturated rings. The van der Waals surface area contributed by atoms with Crippen molar-refractivity contribution in [1.29, 1.82) is 0 Å². The quantitative estimate of drug-likeness (QED) is 0.411. The number of hydrogen-bond donors (Lipinski definition) is 1. The van der Waals surface area contributed by atoms with Crippen LogP contribution in [0.15, 0.2) is 47.6 Å². The third-order valence-corrected chi connectivity index (χ3v) is 5.52. The fraction of sp³-hybridized carbons (Fsp3) is 0.348. The number of carbonyl (C=O) groups is 1. The fourth-order valence-corrected chi connectivity index (χ4v) is 3.84. The number of anilines is 1. The smallest absolute Gasteiger partial charge is 0.234 e. The number of nitrogens with zero attached hydrogens (tertiary/aromatic N) is 3. The molecular weight excluding hydrogens is 450 g/mol. The Labute approximate surface area is 195 Å². The monoisotopic (exact) mass is 476 g/mol. The first kappa shape index (κ1) is 24.5. The van der Waals surface area contributed by atoms with E-state index in [9.17, 15) is 13.6 Å². The van der Waals surface area contributed by atoms with Crippen LogP contribution in [0, 0.1) is 17.6 Å². The summed E-state index contributed by atoms with van der Waals surface area (Å²) in [6.45, 7) is 6.63. The number of nitrogens with one attached hydrogen (secondary N) is 1. The van der Waals surface area contributed by atoms with Crippen LogP contribution in [0.1, 0.15) is 32.7 Å². The third-order valence-electron chi connectivity index (χ3n) is 4.55. The molecule has 0 aliphatic rings. The van der Waals surface area contributed by atoms with Gasteiger partial charge in [0.25, 0.3) is 0 Å². The highest BCUT2D eigenvalue weighted by Crippen LogP contribution is 2.27. The van der Waals surface area contributed by atoms with Gasteiger partial charge in [0.2, 0.25) is 5.91 Å². The van der Waals surface area contributed by atoms with Gasteiger partial charge in [0.1, 0.15) is 23.1 Å². The van der Waals surface area contributed by atoms with Crippen LogP contribution in [0.25, 0.3) is 0 Å². The Bertz CT molecular complexity index is 1110. The van der Waals surface area contributed by atoms with Gasteiger partial charge in [-0.15, -0.1) is 10.2 Å². The molecule has 1 atom stereocenters. The Hall–Kier alpha value is -3.14. The van der Waals surface area contributed by atoms with Crippen molar-refractivity contribution >= 4 is 23.4 Å². The van der Waals surface area contributed by atoms with Crippen LogP contribution in [0.3, 0.4) is 0 Å². The molecule has 3 aromatic rings. The predicted molar refractivity (Wildman–Crippen MR) is 123 cm³/mol. The molecule has 33 heavy (non-hydrogen) atoms. The number of rotatable bonds is 10. The van der Waals surface area contributed by atoms with Gasteiger partial charge in [0, 0.05) is 18.7 Å². The van der Waals surface area contributed by atoms with Gasteiger partial charge in [-0.25, -0.2) is 8.78 Å². The molecule has 0 bridgehead atoms. The minimum absolute atomic E-state index is 0.0157. The molecule has 1 aromatic heterocycles. The van der Waals surface area contributed by atoms with Gasteiger partial charge >= 0.3 is 0 Å². The summed E-state index contributed by atoms with van der Waals surface area (Å²) < 4.78 is 40.0. The van der Waals surface area contributed by atoms with E-state index in [1.165, 1.54) is 17.8 Å². The Kier molecular flexibility index (Phi) is 8.26. The van der Waals surface area contributed by atoms with E-state index in [1.807, 2.05) is 29.7 Å². The predicted octanol–water partition coefficient (Wildman–Crippen LogP) is 5.09. The van der Waals surface area contributed by atoms with Crippen molar-refractivity contribution in [3.8, 4) is 11.5 Å². The topological polar surface area (TPSA) is 78.3 Å². The minimum Gasteiger partial charge on any atom is -0.497 e. The molecule has 1 amide bonds. The van der Waals surface area contributed by atoms with Gasteiger partial charge in [-0.3, -0.25) is 4.79 Å². The first-order valence-corrected chi connectivity index (χ1v) is 11.4. The first-order valence-electron chi connectivity index (χ1n) is 10.4. The number of thioether (sulfide) groups is 1. The van der Waals surface area contributed by atoms with E-state index in [4.69, 9.17) is 9.47 Å². The van der Waals surface area contributed by atoms with Crippen molar-refractivity contribution in [2.24, 2.45) is 5.92 Å². The minimum atomic E-state index is -0.831. The highest BCUT2D eigenvalue weighted by Gasteiger charge is 2.21. The van der Waals surface area contributed by atoms with Crippen LogP contribution in [0.5, 0.6) is 11.5 Å². The van der Waals surface area contributed by atoms with Crippen molar-refractivity contribution in [3.05, 3.63) is 59.9 Å². The van der Waals surface area contributed by atoms with E-state index in [0.717, 1.165) is 12.1 Å². The zero-order valence-corrected chi connectivity index (χ0v) is 19.7. The van der Waals surface area contributed by atoms with Crippen molar-refractivity contribution in [1.82, 2.24) is 14.8 Å². The van der Waals surface area contributed by atoms with Crippen molar-refractivity contribution in [2.75, 3.05) is 18.2 Å². The second kappa shape index (κ2) is 11.1. The Morgan fingerprint density at radius 2 is 1.88 bits per heavy atom. The van der Waals surface area contributed by atoms with E-state index in [2.05, 4.69) is 29.4 Å². The number of amides is 1. The molecule has 0 saturated heterocycles. The SMILES string of the molecule is COc1cccc(OC(C)c2nnc(SCC(=O)Nc3ccc(F)cc3F)n2CC(C)C)c1. The lowest BCUT2D eigenvalue weighted by molar-refractivity contribution is -0.113. The number of hydrogen-bond acceptors (Lipinski definition) is 6. The summed E-state index contributed by atoms with van der Waals surface area (Å²) in [4.78, 5) is 12.3. The largest absolute Gasteiger partial charge is 0.497 e. The lowest BCUT2D eigenvalue weighted by Crippen LogP contribution is -2.17. The van der Waals surface area contributed by atoms with E-state index >= 15 is 0 Å². The Balaban J connectivity index is 1.71. The fourth-order valence-electron chi connectivity index (χ4n) is 3.08. The number of carbonyl (C=O) groups excluding carboxylic acids is 1. The molecule has 3 rings (SSSR count). The maximum Gasteiger partial charge on any atom is 0.234 e. The molecule has 0 aliphatic heterocycles. The Morgan fingerprint density at radius 1 is 1.12 bits per heavy atom. The maximum absolute atomic E-state index is 13.8. The van der Waals surface area contributed by atoms with Gasteiger partial charge in [0.15, 0.2) is 17.1 Å². The van der Waals surface area contributed by atoms with Crippen LogP contribution in [-0.2, 0) is 11.3 Å². The standard InChI is InChI=1S/C23H26F2N4O3S/c1-14(2)12-29-22(15(3)32-18-7-5-6-17(11-18)31-4)27-28-23(29)33-13-21(30)26-20-9-8-16(24)10-19(20)25/h5-11,14-15H,12-13H2,1-4H3,(H,26,30). The number of ether oxygens (including phenoxy) is 2. The zero-order valence-electron chi connectivity index (χ0n) is 18.8. The number of benzene rings is 2. The molecule has 7 nitrogen and oxygen atoms in total. The van der Waals surface area contributed by atoms with E-state index in [1.54, 1.807) is 13.2 Å². The summed E-state index contributed by atoms with van der Waals surface area (Å²) >= 11 is 1.18. The van der Waals surface area contributed by atoms with Crippen LogP contribution >= 0.6 is 11.8 Å². The summed E-state index contributed by atoms with van der Waals surface area (Å²) in [6, 6.07) is 10.3. The highest BCUT2D eigenvalue weighted by molar-refractivity contribution is 7.99. The van der Waals surface area contributed by atoms with Crippen LogP contribution < -0.4 is 14.8 Å². The highest BCUT2D eigenvalue weighted by atomic mass is 32.2. The first-order chi connectivity index (χ1) is 15.8. The number of halogens is 2. The molecule has 1 N–H and O–H groups in total. The van der Waals surface area contributed by atoms with Gasteiger partial charge in [-0.1, -0.05) is 31.7 Å². The summed E-state index contributed by atoms with van der Waals surface area (Å²) in [6.07, 6.45) is -0.403. The van der Waals surface area contributed by atoms with Crippen molar-refractivity contribution in [3.63, 3.8) is 0 Å². The number of methoxy groups -OCH3 is 1. The van der Waals surface area contributed by atoms with E-state index in [-0.39, 0.29) is 11.4 Å². The summed E-state index contributed by atoms with van der Waals surface area (Å²) in [5.41, 5.74) is -0.0772. The van der Waals surface area contributed by atoms with Crippen molar-refractivity contribution < 1.29 is 23.0 Å². The molecule has 0 saturated carbocycles. The molecule has 0 spiro atoms. The second-order valence-electron chi connectivity index (χ2n) is 7.75. The summed E-state index contributed by atoms with van der Waals surface area (Å²) in [7, 11) is 1.59. The van der Waals surface area contributed by atoms with Gasteiger partial charge in [-0.2, -0.15) is 0 Å². The van der Waals surface area contributed by atoms with Gasteiger partial charge < -0.3 is 19.4 Å². The molecular formula is C23H26F2N4O3S. The zero-order chi connectivity index (χ0) is 24.0. The molecule has 1 unspecified atom stereocenters. The molecule has 1 heterocycles. The Morgan fingerprint density at radius 3 is 2.58 bits per heavy atom. The molecule has 0 aliphatic carbocycles. The summed E-state index contributed by atoms with van der Waals surface area (Å²) in [5.74, 6) is 0.245. The molecule has 2 aromatic carbocycles. The number of aromatic nitrogens is 3. The van der Waals surface area contributed by atoms with Crippen LogP contribution in [-0.4, -0.2) is 33.5 Å². The average Bonchev–Trinajstić information content (AvgIpc) is 3.16. The van der Waals surface area contributed by atoms with Gasteiger partial charge in [0.05, 0.1) is 18.6 Å². The van der Waals surface area contributed by atoms with E-state index in [0.29, 0.717) is 34.9 Å². The van der Waals surface area contributed by atoms with Crippen molar-refractivity contribution in [2.45, 2.75) is 38.6 Å². The molecule has 0 radical (unpaired) electrons. The molecule has 176 valence electrons. The van der Waals surface area contributed by atoms with Crippen LogP contribution in [0.4, 0.5) is 14.5 Å². The maximum atomic E-state index is 13.8. The molecule has 10 heteroatoms. The third kappa shape index (κ3) is 6.67. The van der Waals surface area contributed by atoms with Gasteiger partial charge in [-0.05, 0) is 37.1 Å². The lowest BCUT2D eigenvalue weighted by Gasteiger charge is -2.18. The van der Waals surface area contributed by atoms with E-state index < -0.39 is 23.6 Å². The average molecular weight is 477 g/mol.